The molecule has 1 aromatic heterocycles. The van der Waals surface area contributed by atoms with Crippen molar-refractivity contribution >= 4 is 141 Å². The zero-order valence-corrected chi connectivity index (χ0v) is 51.1. The van der Waals surface area contributed by atoms with E-state index in [0.717, 1.165) is 63.7 Å². The fourth-order valence-corrected chi connectivity index (χ4v) is 15.8. The summed E-state index contributed by atoms with van der Waals surface area (Å²) >= 11 is 5.44. The van der Waals surface area contributed by atoms with Gasteiger partial charge in [0.25, 0.3) is 23.6 Å². The number of rotatable bonds is 4. The summed E-state index contributed by atoms with van der Waals surface area (Å²) in [5.74, 6) is -1.98. The molecule has 450 valence electrons. The van der Waals surface area contributed by atoms with Crippen LogP contribution in [-0.4, -0.2) is 74.7 Å². The Labute approximate surface area is 531 Å². The average molecular weight is 1270 g/mol. The molecule has 0 spiro atoms. The van der Waals surface area contributed by atoms with E-state index >= 15 is 0 Å². The summed E-state index contributed by atoms with van der Waals surface area (Å²) in [6, 6.07) is 57.6. The number of benzene rings is 9. The summed E-state index contributed by atoms with van der Waals surface area (Å²) in [5, 5.41) is 59.8. The number of hydrogen-bond donors (Lipinski definition) is 4. The first-order valence-corrected chi connectivity index (χ1v) is 31.5. The summed E-state index contributed by atoms with van der Waals surface area (Å²) in [6.45, 7) is 3.12. The number of fused-ring (bicyclic) bond motifs is 5. The molecule has 0 saturated carbocycles. The zero-order chi connectivity index (χ0) is 63.2. The van der Waals surface area contributed by atoms with Crippen molar-refractivity contribution in [2.45, 2.75) is 42.4 Å². The van der Waals surface area contributed by atoms with Gasteiger partial charge in [-0.2, -0.15) is 0 Å². The largest absolute Gasteiger partial charge is 0.550 e. The van der Waals surface area contributed by atoms with Crippen molar-refractivity contribution in [3.8, 4) is 23.0 Å². The second kappa shape index (κ2) is 27.0. The van der Waals surface area contributed by atoms with Crippen molar-refractivity contribution < 1.29 is 59.1 Å². The van der Waals surface area contributed by atoms with E-state index in [1.54, 1.807) is 120 Å². The molecule has 9 aromatic carbocycles. The van der Waals surface area contributed by atoms with Gasteiger partial charge in [0.2, 0.25) is 0 Å². The predicted octanol–water partition coefficient (Wildman–Crippen LogP) is 11.9. The Morgan fingerprint density at radius 3 is 1.10 bits per heavy atom. The Balaban J connectivity index is 0.000000128. The van der Waals surface area contributed by atoms with Gasteiger partial charge in [-0.1, -0.05) is 192 Å². The number of piperidine rings is 1. The Morgan fingerprint density at radius 1 is 0.433 bits per heavy atom. The van der Waals surface area contributed by atoms with Crippen molar-refractivity contribution in [3.63, 3.8) is 0 Å². The van der Waals surface area contributed by atoms with Crippen LogP contribution in [0.1, 0.15) is 53.3 Å². The molecule has 4 amide bonds. The number of ketones is 2. The van der Waals surface area contributed by atoms with Gasteiger partial charge in [-0.05, 0) is 74.0 Å². The number of carboxylic acid groups (broad SMARTS) is 1. The first-order chi connectivity index (χ1) is 43.6. The molecule has 3 saturated heterocycles. The minimum absolute atomic E-state index is 0.00163. The van der Waals surface area contributed by atoms with Crippen molar-refractivity contribution in [1.82, 2.24) is 4.58 Å². The predicted molar refractivity (Wildman–Crippen MR) is 351 cm³/mol. The number of phenolic OH excluding ortho intramolecular Hbond substituents is 4. The maximum absolute atomic E-state index is 13.7. The average Bonchev–Trinajstić information content (AvgIpc) is 1.59. The number of allylic oxidation sites excluding steroid dienone is 2. The van der Waals surface area contributed by atoms with Crippen LogP contribution in [-0.2, 0) is 24.0 Å². The lowest BCUT2D eigenvalue weighted by Crippen LogP contribution is -2.41. The van der Waals surface area contributed by atoms with E-state index in [-0.39, 0.29) is 46.9 Å². The molecule has 0 atom stereocenters. The number of aromatic hydroxyl groups is 4. The number of carboxylic acids is 1. The van der Waals surface area contributed by atoms with Crippen molar-refractivity contribution in [3.05, 3.63) is 231 Å². The van der Waals surface area contributed by atoms with Crippen LogP contribution in [0.3, 0.4) is 0 Å². The molecule has 5 aliphatic rings. The molecule has 1 aliphatic carbocycles. The molecule has 90 heavy (non-hydrogen) atoms. The van der Waals surface area contributed by atoms with Gasteiger partial charge in [-0.3, -0.25) is 28.8 Å². The van der Waals surface area contributed by atoms with E-state index in [4.69, 9.17) is 9.90 Å². The summed E-state index contributed by atoms with van der Waals surface area (Å²) in [5.41, 5.74) is 3.52. The molecule has 4 N–H and O–H groups in total. The molecule has 0 bridgehead atoms. The number of anilines is 4. The molecule has 3 fully saturated rings. The lowest BCUT2D eigenvalue weighted by atomic mass is 9.95. The van der Waals surface area contributed by atoms with Gasteiger partial charge in [0.05, 0.1) is 46.2 Å². The van der Waals surface area contributed by atoms with E-state index in [0.29, 0.717) is 70.2 Å². The fourth-order valence-electron chi connectivity index (χ4n) is 10.5. The normalized spacial score (nSPS) is 15.0. The number of phenols is 4. The highest BCUT2D eigenvalue weighted by Crippen LogP contribution is 2.61. The maximum Gasteiger partial charge on any atom is 0.315 e. The first kappa shape index (κ1) is 61.3. The third-order valence-corrected chi connectivity index (χ3v) is 19.9. The summed E-state index contributed by atoms with van der Waals surface area (Å²) < 4.78 is 5.59. The van der Waals surface area contributed by atoms with Gasteiger partial charge < -0.3 is 30.3 Å². The summed E-state index contributed by atoms with van der Waals surface area (Å²) in [7, 11) is 0. The molecule has 4 aliphatic heterocycles. The number of carbonyl (C=O) groups is 7. The number of para-hydroxylation sites is 4. The number of aliphatic carboxylic acids is 1. The lowest BCUT2D eigenvalue weighted by molar-refractivity contribution is -0.302. The monoisotopic (exact) mass is 1270 g/mol. The van der Waals surface area contributed by atoms with Crippen molar-refractivity contribution in [2.75, 3.05) is 33.1 Å². The number of nitrogens with zero attached hydrogens (tertiary/aromatic N) is 5. The number of hydrazine groups is 2. The van der Waals surface area contributed by atoms with Crippen LogP contribution in [0.25, 0.3) is 30.9 Å². The molecular formula is C69H53N5O12S4. The van der Waals surface area contributed by atoms with E-state index in [1.807, 2.05) is 97.1 Å². The Morgan fingerprint density at radius 2 is 0.744 bits per heavy atom. The van der Waals surface area contributed by atoms with Crippen molar-refractivity contribution in [2.24, 2.45) is 0 Å². The van der Waals surface area contributed by atoms with Crippen molar-refractivity contribution in [1.29, 1.82) is 0 Å². The van der Waals surface area contributed by atoms with Crippen LogP contribution in [0.5, 0.6) is 23.0 Å². The quantitative estimate of drug-likeness (QED) is 0.0421. The van der Waals surface area contributed by atoms with Crippen LogP contribution in [0.2, 0.25) is 0 Å². The van der Waals surface area contributed by atoms with Crippen LogP contribution in [0.4, 0.5) is 22.7 Å². The summed E-state index contributed by atoms with van der Waals surface area (Å²) in [6.07, 6.45) is 6.27. The Kier molecular flexibility index (Phi) is 18.4. The van der Waals surface area contributed by atoms with E-state index < -0.39 is 17.8 Å². The standard InChI is InChI=1S/C26H16N2O4S2.C16H15NO2S2.C15H12N2O2.C10H6O2.C2H4O2/c29-20-17-13-7-8-14-18(17)21(30)23-22(20)33-26(34-23)19-24(31)27(15-9-3-1-4-10-15)28(25(19)32)16-11-5-2-6-12-16;18-12-10-6-2-3-7-11(10)13(19)15-14(12)20-16(21-15)17-8-4-1-5-9-17;18-14-11-15(19)17(13-9-5-2-6-10-13)16(14)12-7-3-1-4-8-12;11-9-5-6-10(12)8-4-2-1-3-7(8)9;1-2(3)4/h1-14,29-30H;2-3,6-7H,1,4-5,8-9H2,(H-,18,19);1-10H,11H2;1-6H;1H3,(H,3,4). The molecule has 15 rings (SSSR count). The smallest absolute Gasteiger partial charge is 0.315 e. The van der Waals surface area contributed by atoms with Crippen LogP contribution >= 0.6 is 46.2 Å². The Bertz CT molecular complexity index is 4360. The molecule has 5 heterocycles. The number of carbonyl (C=O) groups excluding carboxylic acids is 7. The second-order valence-corrected chi connectivity index (χ2v) is 25.0. The minimum Gasteiger partial charge on any atom is -0.550 e. The highest BCUT2D eigenvalue weighted by atomic mass is 32.2. The highest BCUT2D eigenvalue weighted by Gasteiger charge is 2.47. The van der Waals surface area contributed by atoms with Gasteiger partial charge in [-0.15, -0.1) is 0 Å². The van der Waals surface area contributed by atoms with Gasteiger partial charge in [0.1, 0.15) is 48.1 Å². The van der Waals surface area contributed by atoms with Crippen LogP contribution in [0.15, 0.2) is 226 Å². The van der Waals surface area contributed by atoms with Gasteiger partial charge in [0, 0.05) is 51.5 Å². The molecule has 10 aromatic rings. The third-order valence-electron chi connectivity index (χ3n) is 14.6. The van der Waals surface area contributed by atoms with E-state index in [2.05, 4.69) is 4.58 Å². The zero-order valence-electron chi connectivity index (χ0n) is 47.8. The fraction of sp³-hybridized carbons (Fsp3) is 0.101. The highest BCUT2D eigenvalue weighted by molar-refractivity contribution is 8.25. The number of thioether (sulfide) groups is 2. The lowest BCUT2D eigenvalue weighted by Gasteiger charge is -2.27. The number of amides is 4. The van der Waals surface area contributed by atoms with Crippen LogP contribution in [0, 0.1) is 0 Å². The molecule has 17 nitrogen and oxygen atoms in total. The topological polar surface area (TPSA) is 239 Å². The minimum atomic E-state index is -1.08. The molecule has 0 radical (unpaired) electrons. The maximum atomic E-state index is 13.7. The van der Waals surface area contributed by atoms with Gasteiger partial charge in [0.15, 0.2) is 11.6 Å². The second-order valence-electron chi connectivity index (χ2n) is 20.4. The van der Waals surface area contributed by atoms with E-state index in [1.165, 1.54) is 55.4 Å². The molecule has 21 heteroatoms. The Hall–Kier alpha value is -10.3. The third kappa shape index (κ3) is 12.4. The van der Waals surface area contributed by atoms with Gasteiger partial charge in [-0.25, -0.2) is 24.6 Å². The van der Waals surface area contributed by atoms with E-state index in [9.17, 15) is 49.2 Å². The summed E-state index contributed by atoms with van der Waals surface area (Å²) in [4.78, 5) is 83.6. The first-order valence-electron chi connectivity index (χ1n) is 28.2. The SMILES string of the molecule is CC(=O)[O-].O=C1C(=C2Sc3c(c(O)c4ccccc4c3O)S2)C(=O)N(c2ccccc2)N1c1ccccc1.O=C1C=CC(=O)c2ccccc21.O=C1CC(=O)N(c2ccccc2)N1c1ccccc1.Oc1c2ccccc2c(O)c2sc(=[N+]3CCCCC3)sc12. The molecule has 0 unspecified atom stereocenters. The van der Waals surface area contributed by atoms with Gasteiger partial charge >= 0.3 is 3.98 Å². The van der Waals surface area contributed by atoms with Crippen LogP contribution < -0.4 is 33.7 Å². The number of hydrogen-bond acceptors (Lipinski definition) is 16. The molecular weight excluding hydrogens is 1220 g/mol.